The molecule has 2 heterocycles. The van der Waals surface area contributed by atoms with Crippen LogP contribution in [0.2, 0.25) is 0 Å². The van der Waals surface area contributed by atoms with Gasteiger partial charge < -0.3 is 48.5 Å². The summed E-state index contributed by atoms with van der Waals surface area (Å²) in [5.74, 6) is -0.967. The van der Waals surface area contributed by atoms with Crippen LogP contribution in [0.3, 0.4) is 0 Å². The summed E-state index contributed by atoms with van der Waals surface area (Å²) in [4.78, 5) is 0. The fourth-order valence-corrected chi connectivity index (χ4v) is 9.31. The van der Waals surface area contributed by atoms with Gasteiger partial charge in [0, 0.05) is 50.4 Å². The minimum Gasteiger partial charge on any atom is -0.396 e. The fourth-order valence-electron chi connectivity index (χ4n) is 9.31. The molecule has 10 atom stereocenters. The lowest BCUT2D eigenvalue weighted by molar-refractivity contribution is -0.326. The average Bonchev–Trinajstić information content (AvgIpc) is 3.45. The lowest BCUT2D eigenvalue weighted by Crippen LogP contribution is -2.75. The van der Waals surface area contributed by atoms with Crippen molar-refractivity contribution >= 4 is 0 Å². The number of methoxy groups -OCH3 is 2. The minimum absolute atomic E-state index is 0.00191. The molecule has 0 aromatic rings. The molecule has 36 heavy (non-hydrogen) atoms. The lowest BCUT2D eigenvalue weighted by atomic mass is 9.38. The zero-order valence-corrected chi connectivity index (χ0v) is 22.0. The summed E-state index contributed by atoms with van der Waals surface area (Å²) < 4.78 is 42.2. The summed E-state index contributed by atoms with van der Waals surface area (Å²) in [6, 6.07) is 0. The molecular weight excluding hydrogens is 472 g/mol. The Labute approximate surface area is 213 Å². The first-order valence-corrected chi connectivity index (χ1v) is 13.3. The van der Waals surface area contributed by atoms with Gasteiger partial charge in [-0.25, -0.2) is 0 Å². The number of rotatable bonds is 9. The molecule has 10 nitrogen and oxygen atoms in total. The Morgan fingerprint density at radius 3 is 2.31 bits per heavy atom. The zero-order valence-electron chi connectivity index (χ0n) is 22.0. The Hall–Kier alpha value is -0.400. The molecule has 5 rings (SSSR count). The largest absolute Gasteiger partial charge is 0.396 e. The fraction of sp³-hybridized carbons (Fsp3) is 1.00. The predicted octanol–water partition coefficient (Wildman–Crippen LogP) is 0.901. The van der Waals surface area contributed by atoms with Crippen molar-refractivity contribution in [3.8, 4) is 0 Å². The quantitative estimate of drug-likeness (QED) is 0.381. The first-order valence-electron chi connectivity index (χ1n) is 13.3. The normalized spacial score (nSPS) is 49.2. The maximum Gasteiger partial charge on any atom is 0.171 e. The monoisotopic (exact) mass is 516 g/mol. The Balaban J connectivity index is 1.65. The van der Waals surface area contributed by atoms with E-state index < -0.39 is 35.1 Å². The van der Waals surface area contributed by atoms with E-state index in [-0.39, 0.29) is 62.5 Å². The van der Waals surface area contributed by atoms with E-state index in [1.54, 1.807) is 14.2 Å². The van der Waals surface area contributed by atoms with Crippen LogP contribution < -0.4 is 0 Å². The van der Waals surface area contributed by atoms with Gasteiger partial charge >= 0.3 is 0 Å². The van der Waals surface area contributed by atoms with Crippen molar-refractivity contribution in [2.75, 3.05) is 60.8 Å². The van der Waals surface area contributed by atoms with E-state index >= 15 is 0 Å². The van der Waals surface area contributed by atoms with Crippen LogP contribution in [0, 0.1) is 34.5 Å². The highest BCUT2D eigenvalue weighted by Crippen LogP contribution is 2.72. The van der Waals surface area contributed by atoms with Gasteiger partial charge in [0.2, 0.25) is 0 Å². The highest BCUT2D eigenvalue weighted by Gasteiger charge is 2.79. The number of aliphatic hydroxyl groups excluding tert-OH is 3. The molecule has 2 bridgehead atoms. The molecule has 3 saturated carbocycles. The minimum atomic E-state index is -1.14. The number of aliphatic hydroxyl groups is 3. The van der Waals surface area contributed by atoms with Gasteiger partial charge in [0.25, 0.3) is 0 Å². The molecule has 3 N–H and O–H groups in total. The van der Waals surface area contributed by atoms with Crippen molar-refractivity contribution in [3.05, 3.63) is 0 Å². The highest BCUT2D eigenvalue weighted by atomic mass is 16.7. The molecule has 5 aliphatic rings. The third kappa shape index (κ3) is 3.53. The van der Waals surface area contributed by atoms with Gasteiger partial charge in [-0.3, -0.25) is 0 Å². The highest BCUT2D eigenvalue weighted by molar-refractivity contribution is 5.26. The van der Waals surface area contributed by atoms with Crippen LogP contribution in [0.4, 0.5) is 0 Å². The van der Waals surface area contributed by atoms with E-state index in [9.17, 15) is 15.3 Å². The Bertz CT molecular complexity index is 776. The van der Waals surface area contributed by atoms with Crippen molar-refractivity contribution in [1.82, 2.24) is 0 Å². The van der Waals surface area contributed by atoms with Crippen molar-refractivity contribution in [1.29, 1.82) is 0 Å². The molecule has 208 valence electrons. The second kappa shape index (κ2) is 9.97. The number of hydrogen-bond donors (Lipinski definition) is 3. The van der Waals surface area contributed by atoms with Gasteiger partial charge in [-0.15, -0.1) is 0 Å². The lowest BCUT2D eigenvalue weighted by Gasteiger charge is -2.68. The predicted molar refractivity (Wildman–Crippen MR) is 126 cm³/mol. The van der Waals surface area contributed by atoms with Crippen molar-refractivity contribution < 1.29 is 48.5 Å². The van der Waals surface area contributed by atoms with E-state index in [2.05, 4.69) is 13.8 Å². The molecule has 2 spiro atoms. The molecule has 2 saturated heterocycles. The van der Waals surface area contributed by atoms with Crippen molar-refractivity contribution in [2.45, 2.75) is 69.2 Å². The average molecular weight is 517 g/mol. The van der Waals surface area contributed by atoms with Crippen LogP contribution in [0.15, 0.2) is 0 Å². The second-order valence-electron chi connectivity index (χ2n) is 11.7. The molecular formula is C26H44O10. The maximum absolute atomic E-state index is 12.0. The van der Waals surface area contributed by atoms with Crippen LogP contribution in [0.1, 0.15) is 39.5 Å². The maximum atomic E-state index is 12.0. The van der Waals surface area contributed by atoms with E-state index in [4.69, 9.17) is 33.2 Å². The molecule has 0 radical (unpaired) electrons. The Kier molecular flexibility index (Phi) is 7.53. The molecule has 10 heteroatoms. The van der Waals surface area contributed by atoms with Gasteiger partial charge in [0.15, 0.2) is 5.79 Å². The van der Waals surface area contributed by atoms with Crippen molar-refractivity contribution in [2.24, 2.45) is 34.5 Å². The number of hydrogen-bond acceptors (Lipinski definition) is 10. The van der Waals surface area contributed by atoms with Gasteiger partial charge in [-0.1, -0.05) is 13.8 Å². The summed E-state index contributed by atoms with van der Waals surface area (Å²) in [7, 11) is 3.13. The van der Waals surface area contributed by atoms with Gasteiger partial charge in [-0.2, -0.15) is 0 Å². The summed E-state index contributed by atoms with van der Waals surface area (Å²) in [5.41, 5.74) is -2.13. The van der Waals surface area contributed by atoms with Crippen LogP contribution in [0.25, 0.3) is 0 Å². The van der Waals surface area contributed by atoms with Crippen LogP contribution in [-0.4, -0.2) is 106 Å². The molecule has 2 aliphatic heterocycles. The van der Waals surface area contributed by atoms with E-state index in [0.717, 1.165) is 12.8 Å². The van der Waals surface area contributed by atoms with E-state index in [1.807, 2.05) is 0 Å². The third-order valence-electron chi connectivity index (χ3n) is 10.7. The molecule has 0 aromatic heterocycles. The van der Waals surface area contributed by atoms with Crippen LogP contribution in [-0.2, 0) is 33.2 Å². The molecule has 0 aromatic carbocycles. The van der Waals surface area contributed by atoms with Gasteiger partial charge in [0.1, 0.15) is 25.3 Å². The summed E-state index contributed by atoms with van der Waals surface area (Å²) >= 11 is 0. The molecule has 5 fully saturated rings. The van der Waals surface area contributed by atoms with Gasteiger partial charge in [0.05, 0.1) is 38.6 Å². The van der Waals surface area contributed by atoms with E-state index in [1.165, 1.54) is 0 Å². The molecule has 3 aliphatic carbocycles. The summed E-state index contributed by atoms with van der Waals surface area (Å²) in [6.07, 6.45) is 0.591. The molecule has 0 unspecified atom stereocenters. The zero-order chi connectivity index (χ0) is 25.8. The summed E-state index contributed by atoms with van der Waals surface area (Å²) in [6.45, 7) is 5.55. The van der Waals surface area contributed by atoms with Crippen LogP contribution >= 0.6 is 0 Å². The standard InChI is InChI=1S/C26H44O10/c1-16-17-11-19(29)24-13-36-25(12-28,18(24)5-8-27)22(33-15-31-4)20(32-14-30-3)21(24)23(17,2)6-7-26(16)34-9-10-35-26/h16-22,27-29H,5-15H2,1-4H3/t16-,17-,18+,19+,20+,21+,22-,23-,24+,25-/m0/s1. The topological polar surface area (TPSA) is 125 Å². The molecule has 0 amide bonds. The van der Waals surface area contributed by atoms with E-state index in [0.29, 0.717) is 26.1 Å². The first kappa shape index (κ1) is 27.2. The number of fused-ring (bicyclic) bond motifs is 3. The van der Waals surface area contributed by atoms with Crippen molar-refractivity contribution in [3.63, 3.8) is 0 Å². The Morgan fingerprint density at radius 1 is 0.972 bits per heavy atom. The third-order valence-corrected chi connectivity index (χ3v) is 10.7. The van der Waals surface area contributed by atoms with Crippen LogP contribution in [0.5, 0.6) is 0 Å². The second-order valence-corrected chi connectivity index (χ2v) is 11.7. The SMILES string of the molecule is COCO[C@@H]1[C@@H]2[C@@]3(C)CCC4(OCCO4)[C@@H](C)[C@@H]3C[C@@H](O)[C@]23CO[C@](CO)([C@H]1OCOC)[C@@H]3CCO. The smallest absolute Gasteiger partial charge is 0.171 e. The Morgan fingerprint density at radius 2 is 1.67 bits per heavy atom. The summed E-state index contributed by atoms with van der Waals surface area (Å²) in [5, 5.41) is 33.0. The van der Waals surface area contributed by atoms with Gasteiger partial charge in [-0.05, 0) is 30.6 Å². The first-order chi connectivity index (χ1) is 17.3. The number of ether oxygens (including phenoxy) is 7.